The van der Waals surface area contributed by atoms with Crippen LogP contribution in [-0.4, -0.2) is 45.6 Å². The summed E-state index contributed by atoms with van der Waals surface area (Å²) in [6, 6.07) is 19.5. The Hall–Kier alpha value is -5.16. The lowest BCUT2D eigenvalue weighted by Gasteiger charge is -2.24. The van der Waals surface area contributed by atoms with Crippen molar-refractivity contribution in [1.82, 2.24) is 20.1 Å². The Bertz CT molecular complexity index is 1980. The number of nitrogens with zero attached hydrogens (tertiary/aromatic N) is 3. The number of para-hydroxylation sites is 1. The van der Waals surface area contributed by atoms with Crippen molar-refractivity contribution in [2.24, 2.45) is 0 Å². The SMILES string of the molecule is CCOC(=O)Cc1ccccc1OCc1nn(C2CCCCO2)c2c(CNC(=O)OC(C)(C)C)cc(-c3cccc4c(N)nccc34)cc12. The van der Waals surface area contributed by atoms with E-state index < -0.39 is 11.7 Å². The van der Waals surface area contributed by atoms with Gasteiger partial charge in [-0.05, 0) is 93.3 Å². The molecule has 256 valence electrons. The van der Waals surface area contributed by atoms with E-state index in [1.54, 1.807) is 13.1 Å². The number of rotatable bonds is 10. The van der Waals surface area contributed by atoms with Gasteiger partial charge >= 0.3 is 12.1 Å². The molecule has 0 saturated carbocycles. The van der Waals surface area contributed by atoms with Gasteiger partial charge in [0.1, 0.15) is 29.5 Å². The molecule has 1 unspecified atom stereocenters. The van der Waals surface area contributed by atoms with Crippen molar-refractivity contribution in [2.75, 3.05) is 18.9 Å². The van der Waals surface area contributed by atoms with Crippen LogP contribution in [0.4, 0.5) is 10.6 Å². The van der Waals surface area contributed by atoms with Gasteiger partial charge in [-0.2, -0.15) is 5.10 Å². The minimum absolute atomic E-state index is 0.0960. The molecule has 1 saturated heterocycles. The predicted octanol–water partition coefficient (Wildman–Crippen LogP) is 7.24. The molecule has 1 atom stereocenters. The first-order valence-corrected chi connectivity index (χ1v) is 16.7. The van der Waals surface area contributed by atoms with Crippen LogP contribution < -0.4 is 15.8 Å². The summed E-state index contributed by atoms with van der Waals surface area (Å²) in [6.07, 6.45) is 3.80. The summed E-state index contributed by atoms with van der Waals surface area (Å²) < 4.78 is 25.3. The number of fused-ring (bicyclic) bond motifs is 2. The van der Waals surface area contributed by atoms with Crippen LogP contribution in [0, 0.1) is 0 Å². The van der Waals surface area contributed by atoms with Crippen molar-refractivity contribution < 1.29 is 28.5 Å². The molecule has 3 heterocycles. The first-order chi connectivity index (χ1) is 23.6. The molecule has 0 aliphatic carbocycles. The molecule has 1 amide bonds. The number of nitrogen functional groups attached to an aromatic ring is 1. The summed E-state index contributed by atoms with van der Waals surface area (Å²) in [7, 11) is 0. The summed E-state index contributed by atoms with van der Waals surface area (Å²) in [6.45, 7) is 8.54. The van der Waals surface area contributed by atoms with Crippen LogP contribution in [0.2, 0.25) is 0 Å². The van der Waals surface area contributed by atoms with E-state index in [-0.39, 0.29) is 31.8 Å². The molecule has 1 fully saturated rings. The maximum atomic E-state index is 12.9. The van der Waals surface area contributed by atoms with Crippen LogP contribution in [0.5, 0.6) is 5.75 Å². The van der Waals surface area contributed by atoms with Crippen molar-refractivity contribution in [3.05, 3.63) is 83.7 Å². The molecule has 0 spiro atoms. The molecule has 0 radical (unpaired) electrons. The topological polar surface area (TPSA) is 140 Å². The van der Waals surface area contributed by atoms with Gasteiger partial charge in [-0.15, -0.1) is 0 Å². The highest BCUT2D eigenvalue weighted by atomic mass is 16.6. The second kappa shape index (κ2) is 14.5. The van der Waals surface area contributed by atoms with Gasteiger partial charge in [0, 0.05) is 35.7 Å². The van der Waals surface area contributed by atoms with E-state index >= 15 is 0 Å². The molecular formula is C38H43N5O6. The number of nitrogens with one attached hydrogen (secondary N) is 1. The second-order valence-corrected chi connectivity index (χ2v) is 13.1. The number of nitrogens with two attached hydrogens (primary N) is 1. The zero-order valence-corrected chi connectivity index (χ0v) is 28.5. The van der Waals surface area contributed by atoms with E-state index in [0.717, 1.165) is 63.2 Å². The van der Waals surface area contributed by atoms with Crippen molar-refractivity contribution >= 4 is 39.6 Å². The first-order valence-electron chi connectivity index (χ1n) is 16.7. The molecule has 3 aromatic carbocycles. The maximum Gasteiger partial charge on any atom is 0.407 e. The number of aromatic nitrogens is 3. The van der Waals surface area contributed by atoms with Crippen LogP contribution in [0.25, 0.3) is 32.8 Å². The number of carbonyl (C=O) groups excluding carboxylic acids is 2. The molecule has 2 aromatic heterocycles. The number of anilines is 1. The smallest absolute Gasteiger partial charge is 0.407 e. The van der Waals surface area contributed by atoms with Crippen molar-refractivity contribution in [3.63, 3.8) is 0 Å². The van der Waals surface area contributed by atoms with Gasteiger partial charge < -0.3 is 30.0 Å². The van der Waals surface area contributed by atoms with Crippen LogP contribution >= 0.6 is 0 Å². The largest absolute Gasteiger partial charge is 0.487 e. The van der Waals surface area contributed by atoms with Gasteiger partial charge in [0.2, 0.25) is 0 Å². The average molecular weight is 666 g/mol. The minimum atomic E-state index is -0.649. The Morgan fingerprint density at radius 2 is 1.86 bits per heavy atom. The number of hydrogen-bond donors (Lipinski definition) is 2. The Kier molecular flexibility index (Phi) is 10.0. The number of ether oxygens (including phenoxy) is 4. The molecule has 1 aliphatic heterocycles. The minimum Gasteiger partial charge on any atom is -0.487 e. The van der Waals surface area contributed by atoms with Crippen LogP contribution in [0.3, 0.4) is 0 Å². The Labute approximate surface area is 285 Å². The molecule has 11 nitrogen and oxygen atoms in total. The third-order valence-electron chi connectivity index (χ3n) is 8.33. The molecule has 11 heteroatoms. The van der Waals surface area contributed by atoms with E-state index in [1.165, 1.54) is 0 Å². The monoisotopic (exact) mass is 665 g/mol. The van der Waals surface area contributed by atoms with E-state index in [9.17, 15) is 9.59 Å². The Morgan fingerprint density at radius 3 is 2.63 bits per heavy atom. The molecule has 49 heavy (non-hydrogen) atoms. The number of carbonyl (C=O) groups is 2. The van der Waals surface area contributed by atoms with Crippen molar-refractivity contribution in [1.29, 1.82) is 0 Å². The van der Waals surface area contributed by atoms with Gasteiger partial charge in [-0.25, -0.2) is 14.5 Å². The van der Waals surface area contributed by atoms with Gasteiger partial charge in [-0.1, -0.05) is 36.4 Å². The lowest BCUT2D eigenvalue weighted by molar-refractivity contribution is -0.142. The average Bonchev–Trinajstić information content (AvgIpc) is 3.45. The zero-order chi connectivity index (χ0) is 34.5. The molecule has 6 rings (SSSR count). The van der Waals surface area contributed by atoms with E-state index in [0.29, 0.717) is 30.5 Å². The fourth-order valence-corrected chi connectivity index (χ4v) is 6.21. The molecule has 3 N–H and O–H groups in total. The third-order valence-corrected chi connectivity index (χ3v) is 8.33. The van der Waals surface area contributed by atoms with Gasteiger partial charge in [0.05, 0.1) is 18.5 Å². The number of amides is 1. The van der Waals surface area contributed by atoms with Gasteiger partial charge in [-0.3, -0.25) is 4.79 Å². The van der Waals surface area contributed by atoms with Crippen LogP contribution in [-0.2, 0) is 38.6 Å². The molecule has 5 aromatic rings. The molecular weight excluding hydrogens is 622 g/mol. The Balaban J connectivity index is 1.48. The number of benzene rings is 3. The van der Waals surface area contributed by atoms with Gasteiger partial charge in [0.25, 0.3) is 0 Å². The molecule has 0 bridgehead atoms. The standard InChI is InChI=1S/C38H43N5O6/c1-5-46-34(44)21-24-11-6-7-14-32(24)48-23-31-30-20-25(27-12-10-13-29-28(27)16-17-40-36(29)39)19-26(22-41-37(45)49-38(2,3)4)35(30)43(42-31)33-15-8-9-18-47-33/h6-7,10-14,16-17,19-20,33H,5,8-9,15,18,21-23H2,1-4H3,(H2,39,40)(H,41,45). The lowest BCUT2D eigenvalue weighted by Crippen LogP contribution is -2.32. The fourth-order valence-electron chi connectivity index (χ4n) is 6.21. The zero-order valence-electron chi connectivity index (χ0n) is 28.5. The maximum absolute atomic E-state index is 12.9. The normalized spacial score (nSPS) is 14.9. The summed E-state index contributed by atoms with van der Waals surface area (Å²) in [5.41, 5.74) is 10.6. The number of pyridine rings is 1. The highest BCUT2D eigenvalue weighted by Crippen LogP contribution is 2.37. The molecule has 1 aliphatic rings. The summed E-state index contributed by atoms with van der Waals surface area (Å²) in [4.78, 5) is 29.5. The van der Waals surface area contributed by atoms with Crippen molar-refractivity contribution in [3.8, 4) is 16.9 Å². The number of hydrogen-bond acceptors (Lipinski definition) is 9. The quantitative estimate of drug-likeness (QED) is 0.148. The first kappa shape index (κ1) is 33.7. The van der Waals surface area contributed by atoms with Crippen LogP contribution in [0.15, 0.2) is 66.9 Å². The van der Waals surface area contributed by atoms with E-state index in [2.05, 4.69) is 22.4 Å². The lowest BCUT2D eigenvalue weighted by atomic mass is 9.95. The summed E-state index contributed by atoms with van der Waals surface area (Å²) in [5.74, 6) is 0.706. The third kappa shape index (κ3) is 7.78. The highest BCUT2D eigenvalue weighted by molar-refractivity contribution is 6.03. The Morgan fingerprint density at radius 1 is 1.02 bits per heavy atom. The van der Waals surface area contributed by atoms with Gasteiger partial charge in [0.15, 0.2) is 6.23 Å². The number of esters is 1. The number of alkyl carbamates (subject to hydrolysis) is 1. The van der Waals surface area contributed by atoms with E-state index in [4.69, 9.17) is 29.8 Å². The van der Waals surface area contributed by atoms with Crippen molar-refractivity contribution in [2.45, 2.75) is 78.4 Å². The second-order valence-electron chi connectivity index (χ2n) is 13.1. The highest BCUT2D eigenvalue weighted by Gasteiger charge is 2.25. The van der Waals surface area contributed by atoms with Crippen LogP contribution in [0.1, 0.15) is 70.0 Å². The van der Waals surface area contributed by atoms with E-state index in [1.807, 2.05) is 74.0 Å². The summed E-state index contributed by atoms with van der Waals surface area (Å²) in [5, 5.41) is 10.7. The summed E-state index contributed by atoms with van der Waals surface area (Å²) >= 11 is 0. The fraction of sp³-hybridized carbons (Fsp3) is 0.368. The predicted molar refractivity (Wildman–Crippen MR) is 188 cm³/mol.